The summed E-state index contributed by atoms with van der Waals surface area (Å²) in [6, 6.07) is 0.382. The van der Waals surface area contributed by atoms with Crippen molar-refractivity contribution in [2.75, 3.05) is 6.54 Å². The molecular formula is C16H27NO3. The second kappa shape index (κ2) is 6.59. The second-order valence-electron chi connectivity index (χ2n) is 6.64. The van der Waals surface area contributed by atoms with Gasteiger partial charge in [-0.2, -0.15) is 0 Å². The van der Waals surface area contributed by atoms with Crippen LogP contribution in [-0.4, -0.2) is 34.5 Å². The Morgan fingerprint density at radius 3 is 2.15 bits per heavy atom. The molecule has 2 aliphatic carbocycles. The molecule has 0 aliphatic heterocycles. The Morgan fingerprint density at radius 1 is 1.05 bits per heavy atom. The first-order valence-electron chi connectivity index (χ1n) is 8.04. The molecule has 2 saturated carbocycles. The fraction of sp³-hybridized carbons (Fsp3) is 0.875. The van der Waals surface area contributed by atoms with Crippen molar-refractivity contribution in [2.24, 2.45) is 17.8 Å². The third-order valence-corrected chi connectivity index (χ3v) is 4.98. The summed E-state index contributed by atoms with van der Waals surface area (Å²) in [7, 11) is 0. The molecule has 0 aromatic carbocycles. The first-order valence-corrected chi connectivity index (χ1v) is 8.04. The first kappa shape index (κ1) is 15.3. The molecule has 114 valence electrons. The van der Waals surface area contributed by atoms with Gasteiger partial charge in [0.15, 0.2) is 0 Å². The number of carboxylic acid groups (broad SMARTS) is 1. The number of rotatable bonds is 6. The zero-order chi connectivity index (χ0) is 14.7. The van der Waals surface area contributed by atoms with Crippen LogP contribution in [0.3, 0.4) is 0 Å². The van der Waals surface area contributed by atoms with Crippen molar-refractivity contribution in [2.45, 2.75) is 64.8 Å². The van der Waals surface area contributed by atoms with Crippen LogP contribution in [0, 0.1) is 17.8 Å². The van der Waals surface area contributed by atoms with Gasteiger partial charge in [0.05, 0.1) is 5.92 Å². The molecule has 2 rings (SSSR count). The van der Waals surface area contributed by atoms with Crippen molar-refractivity contribution in [3.05, 3.63) is 0 Å². The van der Waals surface area contributed by atoms with Crippen LogP contribution in [-0.2, 0) is 9.59 Å². The SMILES string of the molecule is CC(C(=O)O)C(C)C(=O)N(CC1CCCCC1)C1CC1. The van der Waals surface area contributed by atoms with Gasteiger partial charge in [-0.1, -0.05) is 33.1 Å². The molecule has 2 unspecified atom stereocenters. The lowest BCUT2D eigenvalue weighted by atomic mass is 9.88. The van der Waals surface area contributed by atoms with E-state index in [1.54, 1.807) is 13.8 Å². The van der Waals surface area contributed by atoms with Gasteiger partial charge >= 0.3 is 5.97 Å². The molecule has 20 heavy (non-hydrogen) atoms. The number of aliphatic carboxylic acids is 1. The summed E-state index contributed by atoms with van der Waals surface area (Å²) in [4.78, 5) is 25.7. The average molecular weight is 281 g/mol. The molecule has 0 bridgehead atoms. The van der Waals surface area contributed by atoms with E-state index in [1.165, 1.54) is 32.1 Å². The van der Waals surface area contributed by atoms with E-state index in [0.29, 0.717) is 12.0 Å². The second-order valence-corrected chi connectivity index (χ2v) is 6.64. The third-order valence-electron chi connectivity index (χ3n) is 4.98. The van der Waals surface area contributed by atoms with Gasteiger partial charge in [-0.25, -0.2) is 0 Å². The average Bonchev–Trinajstić information content (AvgIpc) is 3.28. The van der Waals surface area contributed by atoms with E-state index in [1.807, 2.05) is 4.90 Å². The fourth-order valence-electron chi connectivity index (χ4n) is 3.14. The van der Waals surface area contributed by atoms with Gasteiger partial charge in [-0.15, -0.1) is 0 Å². The molecule has 2 atom stereocenters. The molecule has 0 aromatic heterocycles. The van der Waals surface area contributed by atoms with Gasteiger partial charge in [0.25, 0.3) is 0 Å². The molecule has 0 spiro atoms. The van der Waals surface area contributed by atoms with E-state index in [-0.39, 0.29) is 5.91 Å². The van der Waals surface area contributed by atoms with Crippen molar-refractivity contribution in [1.82, 2.24) is 4.90 Å². The van der Waals surface area contributed by atoms with E-state index in [0.717, 1.165) is 19.4 Å². The van der Waals surface area contributed by atoms with E-state index in [4.69, 9.17) is 5.11 Å². The normalized spacial score (nSPS) is 23.1. The van der Waals surface area contributed by atoms with E-state index in [9.17, 15) is 9.59 Å². The Morgan fingerprint density at radius 2 is 1.65 bits per heavy atom. The number of carbonyl (C=O) groups is 2. The molecule has 1 N–H and O–H groups in total. The van der Waals surface area contributed by atoms with Crippen LogP contribution in [0.5, 0.6) is 0 Å². The zero-order valence-corrected chi connectivity index (χ0v) is 12.7. The van der Waals surface area contributed by atoms with Crippen LogP contribution in [0.25, 0.3) is 0 Å². The van der Waals surface area contributed by atoms with E-state index in [2.05, 4.69) is 0 Å². The smallest absolute Gasteiger partial charge is 0.307 e. The minimum atomic E-state index is -0.876. The number of amides is 1. The van der Waals surface area contributed by atoms with Gasteiger partial charge < -0.3 is 10.0 Å². The van der Waals surface area contributed by atoms with E-state index < -0.39 is 17.8 Å². The van der Waals surface area contributed by atoms with E-state index >= 15 is 0 Å². The van der Waals surface area contributed by atoms with Crippen LogP contribution in [0.1, 0.15) is 58.8 Å². The predicted octanol–water partition coefficient (Wildman–Crippen LogP) is 2.91. The van der Waals surface area contributed by atoms with Crippen molar-refractivity contribution < 1.29 is 14.7 Å². The number of nitrogens with zero attached hydrogens (tertiary/aromatic N) is 1. The summed E-state index contributed by atoms with van der Waals surface area (Å²) in [5.41, 5.74) is 0. The minimum absolute atomic E-state index is 0.0490. The van der Waals surface area contributed by atoms with Gasteiger partial charge in [-0.05, 0) is 31.6 Å². The molecular weight excluding hydrogens is 254 g/mol. The quantitative estimate of drug-likeness (QED) is 0.814. The maximum Gasteiger partial charge on any atom is 0.307 e. The van der Waals surface area contributed by atoms with Crippen molar-refractivity contribution in [3.63, 3.8) is 0 Å². The molecule has 0 heterocycles. The first-order chi connectivity index (χ1) is 9.50. The standard InChI is InChI=1S/C16H27NO3/c1-11(12(2)16(19)20)15(18)17(14-8-9-14)10-13-6-4-3-5-7-13/h11-14H,3-10H2,1-2H3,(H,19,20). The van der Waals surface area contributed by atoms with Crippen LogP contribution in [0.2, 0.25) is 0 Å². The number of carboxylic acids is 1. The minimum Gasteiger partial charge on any atom is -0.481 e. The Balaban J connectivity index is 1.96. The lowest BCUT2D eigenvalue weighted by Crippen LogP contribution is -2.43. The summed E-state index contributed by atoms with van der Waals surface area (Å²) in [6.45, 7) is 4.24. The lowest BCUT2D eigenvalue weighted by Gasteiger charge is -2.32. The van der Waals surface area contributed by atoms with Crippen LogP contribution < -0.4 is 0 Å². The molecule has 0 aromatic rings. The molecule has 2 aliphatic rings. The molecule has 1 amide bonds. The highest BCUT2D eigenvalue weighted by molar-refractivity contribution is 5.84. The lowest BCUT2D eigenvalue weighted by molar-refractivity contribution is -0.149. The summed E-state index contributed by atoms with van der Waals surface area (Å²) >= 11 is 0. The summed E-state index contributed by atoms with van der Waals surface area (Å²) in [5, 5.41) is 9.09. The fourth-order valence-corrected chi connectivity index (χ4v) is 3.14. The van der Waals surface area contributed by atoms with Crippen molar-refractivity contribution in [3.8, 4) is 0 Å². The zero-order valence-electron chi connectivity index (χ0n) is 12.7. The molecule has 2 fully saturated rings. The highest BCUT2D eigenvalue weighted by Gasteiger charge is 2.38. The predicted molar refractivity (Wildman–Crippen MR) is 77.3 cm³/mol. The number of hydrogen-bond acceptors (Lipinski definition) is 2. The maximum atomic E-state index is 12.6. The van der Waals surface area contributed by atoms with Crippen LogP contribution in [0.4, 0.5) is 0 Å². The summed E-state index contributed by atoms with van der Waals surface area (Å²) in [5.74, 6) is -1.22. The topological polar surface area (TPSA) is 57.6 Å². The van der Waals surface area contributed by atoms with Gasteiger partial charge in [0.1, 0.15) is 0 Å². The molecule has 4 heteroatoms. The maximum absolute atomic E-state index is 12.6. The van der Waals surface area contributed by atoms with Gasteiger partial charge in [0.2, 0.25) is 5.91 Å². The monoisotopic (exact) mass is 281 g/mol. The van der Waals surface area contributed by atoms with Crippen molar-refractivity contribution in [1.29, 1.82) is 0 Å². The highest BCUT2D eigenvalue weighted by Crippen LogP contribution is 2.33. The Hall–Kier alpha value is -1.06. The van der Waals surface area contributed by atoms with Gasteiger partial charge in [0, 0.05) is 18.5 Å². The third kappa shape index (κ3) is 3.74. The van der Waals surface area contributed by atoms with Gasteiger partial charge in [-0.3, -0.25) is 9.59 Å². The molecule has 4 nitrogen and oxygen atoms in total. The largest absolute Gasteiger partial charge is 0.481 e. The number of carbonyl (C=O) groups excluding carboxylic acids is 1. The van der Waals surface area contributed by atoms with Crippen LogP contribution >= 0.6 is 0 Å². The van der Waals surface area contributed by atoms with Crippen molar-refractivity contribution >= 4 is 11.9 Å². The summed E-state index contributed by atoms with van der Waals surface area (Å²) < 4.78 is 0. The molecule has 0 radical (unpaired) electrons. The van der Waals surface area contributed by atoms with Crippen LogP contribution in [0.15, 0.2) is 0 Å². The Labute approximate surface area is 121 Å². The Kier molecular flexibility index (Phi) is 5.06. The number of hydrogen-bond donors (Lipinski definition) is 1. The highest BCUT2D eigenvalue weighted by atomic mass is 16.4. The summed E-state index contributed by atoms with van der Waals surface area (Å²) in [6.07, 6.45) is 8.50. The Bertz CT molecular complexity index is 359. The molecule has 0 saturated heterocycles.